The number of amides is 1. The summed E-state index contributed by atoms with van der Waals surface area (Å²) in [5, 5.41) is 9.86. The molecule has 0 aliphatic heterocycles. The van der Waals surface area contributed by atoms with Crippen molar-refractivity contribution < 1.29 is 37.0 Å². The standard InChI is InChI=1S/C18H17F4NO4/c1-10-7-13(18(20,21)22)16(8-11(10)2)27-9-12-14(19)5-4-6-15(12)23(25)17(24)26-3/h4-8,25H,9H2,1-3H3. The Labute approximate surface area is 152 Å². The third-order valence-corrected chi connectivity index (χ3v) is 3.94. The molecule has 2 rings (SSSR count). The van der Waals surface area contributed by atoms with Gasteiger partial charge in [0.2, 0.25) is 0 Å². The fourth-order valence-corrected chi connectivity index (χ4v) is 2.35. The Morgan fingerprint density at radius 3 is 2.41 bits per heavy atom. The first-order chi connectivity index (χ1) is 12.6. The van der Waals surface area contributed by atoms with Crippen LogP contribution in [-0.4, -0.2) is 18.4 Å². The van der Waals surface area contributed by atoms with Gasteiger partial charge in [-0.15, -0.1) is 0 Å². The average molecular weight is 387 g/mol. The highest BCUT2D eigenvalue weighted by atomic mass is 19.4. The van der Waals surface area contributed by atoms with E-state index in [0.717, 1.165) is 19.2 Å². The van der Waals surface area contributed by atoms with Gasteiger partial charge >= 0.3 is 12.3 Å². The Balaban J connectivity index is 2.41. The van der Waals surface area contributed by atoms with Gasteiger partial charge in [-0.3, -0.25) is 5.21 Å². The number of carbonyl (C=O) groups is 1. The molecule has 0 heterocycles. The molecule has 0 saturated heterocycles. The summed E-state index contributed by atoms with van der Waals surface area (Å²) < 4.78 is 63.5. The molecule has 0 saturated carbocycles. The van der Waals surface area contributed by atoms with E-state index in [4.69, 9.17) is 4.74 Å². The maximum absolute atomic E-state index is 14.2. The second kappa shape index (κ2) is 7.83. The van der Waals surface area contributed by atoms with Crippen molar-refractivity contribution in [2.24, 2.45) is 0 Å². The van der Waals surface area contributed by atoms with E-state index in [9.17, 15) is 27.6 Å². The van der Waals surface area contributed by atoms with E-state index in [1.807, 2.05) is 0 Å². The maximum Gasteiger partial charge on any atom is 0.438 e. The van der Waals surface area contributed by atoms with Crippen LogP contribution in [0.25, 0.3) is 0 Å². The Morgan fingerprint density at radius 2 is 1.81 bits per heavy atom. The maximum atomic E-state index is 14.2. The first kappa shape index (κ1) is 20.5. The summed E-state index contributed by atoms with van der Waals surface area (Å²) in [5.74, 6) is -1.35. The molecule has 0 bridgehead atoms. The van der Waals surface area contributed by atoms with Crippen LogP contribution in [0.4, 0.5) is 28.0 Å². The second-order valence-corrected chi connectivity index (χ2v) is 5.74. The van der Waals surface area contributed by atoms with Crippen LogP contribution in [0, 0.1) is 19.7 Å². The zero-order valence-corrected chi connectivity index (χ0v) is 14.7. The van der Waals surface area contributed by atoms with Crippen LogP contribution in [-0.2, 0) is 17.5 Å². The third-order valence-electron chi connectivity index (χ3n) is 3.94. The van der Waals surface area contributed by atoms with E-state index in [1.54, 1.807) is 6.92 Å². The minimum atomic E-state index is -4.67. The number of ether oxygens (including phenoxy) is 2. The molecule has 0 unspecified atom stereocenters. The van der Waals surface area contributed by atoms with Crippen LogP contribution in [0.3, 0.4) is 0 Å². The molecular formula is C18H17F4NO4. The van der Waals surface area contributed by atoms with Crippen LogP contribution in [0.15, 0.2) is 30.3 Å². The molecule has 1 amide bonds. The topological polar surface area (TPSA) is 59.0 Å². The highest BCUT2D eigenvalue weighted by molar-refractivity contribution is 5.85. The van der Waals surface area contributed by atoms with Gasteiger partial charge in [-0.25, -0.2) is 9.18 Å². The molecule has 0 radical (unpaired) electrons. The van der Waals surface area contributed by atoms with E-state index >= 15 is 0 Å². The molecular weight excluding hydrogens is 370 g/mol. The summed E-state index contributed by atoms with van der Waals surface area (Å²) >= 11 is 0. The molecule has 0 fully saturated rings. The molecule has 0 atom stereocenters. The number of anilines is 1. The lowest BCUT2D eigenvalue weighted by atomic mass is 10.0. The van der Waals surface area contributed by atoms with Crippen molar-refractivity contribution in [2.45, 2.75) is 26.6 Å². The van der Waals surface area contributed by atoms with Gasteiger partial charge in [-0.2, -0.15) is 18.2 Å². The normalized spacial score (nSPS) is 11.3. The number of hydroxylamine groups is 1. The molecule has 9 heteroatoms. The monoisotopic (exact) mass is 387 g/mol. The summed E-state index contributed by atoms with van der Waals surface area (Å²) in [5.41, 5.74) is -0.633. The van der Waals surface area contributed by atoms with Gasteiger partial charge in [-0.05, 0) is 49.2 Å². The predicted molar refractivity (Wildman–Crippen MR) is 88.3 cm³/mol. The number of benzene rings is 2. The Hall–Kier alpha value is -2.81. The molecule has 0 aliphatic carbocycles. The largest absolute Gasteiger partial charge is 0.488 e. The van der Waals surface area contributed by atoms with Crippen LogP contribution in [0.1, 0.15) is 22.3 Å². The summed E-state index contributed by atoms with van der Waals surface area (Å²) in [6.45, 7) is 2.49. The number of hydrogen-bond acceptors (Lipinski definition) is 4. The van der Waals surface area contributed by atoms with Gasteiger partial charge in [-0.1, -0.05) is 6.07 Å². The fourth-order valence-electron chi connectivity index (χ4n) is 2.35. The van der Waals surface area contributed by atoms with Crippen LogP contribution in [0.5, 0.6) is 5.75 Å². The van der Waals surface area contributed by atoms with Gasteiger partial charge in [0.15, 0.2) is 0 Å². The van der Waals surface area contributed by atoms with Crippen molar-refractivity contribution in [1.29, 1.82) is 0 Å². The predicted octanol–water partition coefficient (Wildman–Crippen LogP) is 5.00. The van der Waals surface area contributed by atoms with Crippen LogP contribution < -0.4 is 9.80 Å². The van der Waals surface area contributed by atoms with E-state index in [1.165, 1.54) is 25.1 Å². The number of carbonyl (C=O) groups excluding carboxylic acids is 1. The van der Waals surface area contributed by atoms with Gasteiger partial charge < -0.3 is 9.47 Å². The number of nitrogens with zero attached hydrogens (tertiary/aromatic N) is 1. The van der Waals surface area contributed by atoms with E-state index in [-0.39, 0.29) is 16.3 Å². The molecule has 0 aromatic heterocycles. The van der Waals surface area contributed by atoms with Gasteiger partial charge in [0.05, 0.1) is 23.9 Å². The van der Waals surface area contributed by atoms with E-state index in [0.29, 0.717) is 11.1 Å². The van der Waals surface area contributed by atoms with Gasteiger partial charge in [0, 0.05) is 0 Å². The lowest BCUT2D eigenvalue weighted by Gasteiger charge is -2.20. The first-order valence-corrected chi connectivity index (χ1v) is 7.71. The number of methoxy groups -OCH3 is 1. The van der Waals surface area contributed by atoms with Gasteiger partial charge in [0.25, 0.3) is 0 Å². The number of hydrogen-bond donors (Lipinski definition) is 1. The average Bonchev–Trinajstić information content (AvgIpc) is 2.60. The molecule has 27 heavy (non-hydrogen) atoms. The van der Waals surface area contributed by atoms with Crippen LogP contribution in [0.2, 0.25) is 0 Å². The molecule has 1 N–H and O–H groups in total. The summed E-state index contributed by atoms with van der Waals surface area (Å²) in [4.78, 5) is 11.5. The fraction of sp³-hybridized carbons (Fsp3) is 0.278. The second-order valence-electron chi connectivity index (χ2n) is 5.74. The van der Waals surface area contributed by atoms with Gasteiger partial charge in [0.1, 0.15) is 18.2 Å². The summed E-state index contributed by atoms with van der Waals surface area (Å²) in [6, 6.07) is 5.59. The van der Waals surface area contributed by atoms with Crippen molar-refractivity contribution in [2.75, 3.05) is 12.2 Å². The Bertz CT molecular complexity index is 852. The molecule has 0 spiro atoms. The first-order valence-electron chi connectivity index (χ1n) is 7.71. The number of rotatable bonds is 4. The number of halogens is 4. The van der Waals surface area contributed by atoms with Crippen molar-refractivity contribution in [3.05, 3.63) is 58.4 Å². The molecule has 146 valence electrons. The molecule has 5 nitrogen and oxygen atoms in total. The summed E-state index contributed by atoms with van der Waals surface area (Å²) in [6.07, 6.45) is -5.86. The van der Waals surface area contributed by atoms with E-state index < -0.39 is 36.0 Å². The minimum absolute atomic E-state index is 0.0484. The minimum Gasteiger partial charge on any atom is -0.488 e. The zero-order chi connectivity index (χ0) is 20.4. The SMILES string of the molecule is COC(=O)N(O)c1cccc(F)c1COc1cc(C)c(C)cc1C(F)(F)F. The van der Waals surface area contributed by atoms with E-state index in [2.05, 4.69) is 4.74 Å². The smallest absolute Gasteiger partial charge is 0.438 e. The lowest BCUT2D eigenvalue weighted by molar-refractivity contribution is -0.139. The number of aryl methyl sites for hydroxylation is 2. The van der Waals surface area contributed by atoms with Crippen molar-refractivity contribution >= 4 is 11.8 Å². The van der Waals surface area contributed by atoms with Crippen LogP contribution >= 0.6 is 0 Å². The molecule has 2 aromatic rings. The third kappa shape index (κ3) is 4.48. The Kier molecular flexibility index (Phi) is 5.94. The molecule has 2 aromatic carbocycles. The lowest BCUT2D eigenvalue weighted by Crippen LogP contribution is -2.28. The highest BCUT2D eigenvalue weighted by Crippen LogP contribution is 2.38. The zero-order valence-electron chi connectivity index (χ0n) is 14.7. The van der Waals surface area contributed by atoms with Crippen molar-refractivity contribution in [3.63, 3.8) is 0 Å². The van der Waals surface area contributed by atoms with Crippen molar-refractivity contribution in [3.8, 4) is 5.75 Å². The molecule has 0 aliphatic rings. The Morgan fingerprint density at radius 1 is 1.19 bits per heavy atom. The number of alkyl halides is 3. The summed E-state index contributed by atoms with van der Waals surface area (Å²) in [7, 11) is 1.01. The highest BCUT2D eigenvalue weighted by Gasteiger charge is 2.35. The van der Waals surface area contributed by atoms with Crippen molar-refractivity contribution in [1.82, 2.24) is 0 Å². The quantitative estimate of drug-likeness (QED) is 0.456.